The van der Waals surface area contributed by atoms with Gasteiger partial charge >= 0.3 is 6.18 Å². The van der Waals surface area contributed by atoms with Crippen molar-refractivity contribution in [3.05, 3.63) is 57.3 Å². The summed E-state index contributed by atoms with van der Waals surface area (Å²) in [4.78, 5) is 0.937. The third-order valence-electron chi connectivity index (χ3n) is 2.73. The Morgan fingerprint density at radius 3 is 2.44 bits per heavy atom. The lowest BCUT2D eigenvalue weighted by Crippen LogP contribution is -2.09. The number of thiophene rings is 1. The van der Waals surface area contributed by atoms with Crippen LogP contribution in [0, 0.1) is 0 Å². The molecule has 0 fully saturated rings. The van der Waals surface area contributed by atoms with Crippen LogP contribution in [-0.2, 0) is 19.1 Å². The van der Waals surface area contributed by atoms with Gasteiger partial charge in [-0.25, -0.2) is 0 Å². The molecule has 0 aliphatic heterocycles. The highest BCUT2D eigenvalue weighted by Gasteiger charge is 2.32. The van der Waals surface area contributed by atoms with Crippen molar-refractivity contribution in [3.63, 3.8) is 0 Å². The Kier molecular flexibility index (Phi) is 3.73. The third-order valence-corrected chi connectivity index (χ3v) is 3.71. The van der Waals surface area contributed by atoms with Gasteiger partial charge in [0.25, 0.3) is 0 Å². The van der Waals surface area contributed by atoms with Crippen LogP contribution in [0.2, 0.25) is 0 Å². The molecule has 0 radical (unpaired) electrons. The maximum atomic E-state index is 12.8. The Labute approximate surface area is 107 Å². The summed E-state index contributed by atoms with van der Waals surface area (Å²) in [5, 5.41) is 1.85. The van der Waals surface area contributed by atoms with Crippen molar-refractivity contribution < 1.29 is 13.2 Å². The molecule has 5 heteroatoms. The van der Waals surface area contributed by atoms with Gasteiger partial charge in [0.2, 0.25) is 0 Å². The largest absolute Gasteiger partial charge is 0.416 e. The van der Waals surface area contributed by atoms with E-state index < -0.39 is 11.7 Å². The molecule has 0 saturated heterocycles. The van der Waals surface area contributed by atoms with Gasteiger partial charge in [-0.1, -0.05) is 18.2 Å². The molecule has 18 heavy (non-hydrogen) atoms. The summed E-state index contributed by atoms with van der Waals surface area (Å²) in [7, 11) is 0. The molecule has 1 heterocycles. The van der Waals surface area contributed by atoms with Crippen molar-refractivity contribution in [1.82, 2.24) is 0 Å². The minimum Gasteiger partial charge on any atom is -0.326 e. The third kappa shape index (κ3) is 2.73. The number of benzene rings is 1. The Hall–Kier alpha value is -1.33. The average Bonchev–Trinajstić information content (AvgIpc) is 2.75. The normalized spacial score (nSPS) is 11.8. The molecule has 2 rings (SSSR count). The fourth-order valence-corrected chi connectivity index (χ4v) is 2.64. The summed E-state index contributed by atoms with van der Waals surface area (Å²) < 4.78 is 38.5. The van der Waals surface area contributed by atoms with E-state index in [0.717, 1.165) is 16.5 Å². The van der Waals surface area contributed by atoms with E-state index >= 15 is 0 Å². The predicted molar refractivity (Wildman–Crippen MR) is 66.5 cm³/mol. The van der Waals surface area contributed by atoms with Gasteiger partial charge in [0, 0.05) is 11.4 Å². The molecule has 0 spiro atoms. The van der Waals surface area contributed by atoms with Crippen LogP contribution in [0.15, 0.2) is 35.7 Å². The predicted octanol–water partition coefficient (Wildman–Crippen LogP) is 3.82. The van der Waals surface area contributed by atoms with Crippen molar-refractivity contribution in [1.29, 1.82) is 0 Å². The van der Waals surface area contributed by atoms with E-state index in [1.165, 1.54) is 23.5 Å². The van der Waals surface area contributed by atoms with Crippen molar-refractivity contribution in [2.75, 3.05) is 0 Å². The molecule has 0 aliphatic rings. The van der Waals surface area contributed by atoms with Crippen LogP contribution in [-0.4, -0.2) is 0 Å². The minimum atomic E-state index is -4.31. The quantitative estimate of drug-likeness (QED) is 0.902. The van der Waals surface area contributed by atoms with Crippen molar-refractivity contribution in [2.24, 2.45) is 5.73 Å². The lowest BCUT2D eigenvalue weighted by atomic mass is 10.00. The fraction of sp³-hybridized carbons (Fsp3) is 0.231. The number of rotatable bonds is 3. The van der Waals surface area contributed by atoms with Gasteiger partial charge in [0.05, 0.1) is 5.56 Å². The Morgan fingerprint density at radius 1 is 1.06 bits per heavy atom. The van der Waals surface area contributed by atoms with Gasteiger partial charge in [0.1, 0.15) is 0 Å². The van der Waals surface area contributed by atoms with E-state index in [1.807, 2.05) is 11.4 Å². The molecule has 0 atom stereocenters. The number of hydrogen-bond acceptors (Lipinski definition) is 2. The SMILES string of the molecule is NCc1sccc1Cc1ccccc1C(F)(F)F. The van der Waals surface area contributed by atoms with Crippen LogP contribution in [0.1, 0.15) is 21.6 Å². The number of hydrogen-bond donors (Lipinski definition) is 1. The Morgan fingerprint density at radius 2 is 1.78 bits per heavy atom. The maximum Gasteiger partial charge on any atom is 0.416 e. The van der Waals surface area contributed by atoms with E-state index in [9.17, 15) is 13.2 Å². The average molecular weight is 271 g/mol. The van der Waals surface area contributed by atoms with Crippen LogP contribution in [0.4, 0.5) is 13.2 Å². The minimum absolute atomic E-state index is 0.270. The van der Waals surface area contributed by atoms with Crippen LogP contribution in [0.25, 0.3) is 0 Å². The van der Waals surface area contributed by atoms with E-state index in [4.69, 9.17) is 5.73 Å². The van der Waals surface area contributed by atoms with E-state index in [1.54, 1.807) is 6.07 Å². The smallest absolute Gasteiger partial charge is 0.326 e. The molecule has 0 bridgehead atoms. The molecule has 96 valence electrons. The summed E-state index contributed by atoms with van der Waals surface area (Å²) >= 11 is 1.48. The second-order valence-electron chi connectivity index (χ2n) is 3.90. The molecule has 0 unspecified atom stereocenters. The number of alkyl halides is 3. The van der Waals surface area contributed by atoms with Crippen molar-refractivity contribution in [3.8, 4) is 0 Å². The zero-order valence-electron chi connectivity index (χ0n) is 9.50. The molecule has 2 N–H and O–H groups in total. The van der Waals surface area contributed by atoms with Crippen molar-refractivity contribution in [2.45, 2.75) is 19.1 Å². The second kappa shape index (κ2) is 5.12. The molecule has 0 aliphatic carbocycles. The molecule has 0 saturated carbocycles. The monoisotopic (exact) mass is 271 g/mol. The van der Waals surface area contributed by atoms with Crippen LogP contribution >= 0.6 is 11.3 Å². The fourth-order valence-electron chi connectivity index (χ4n) is 1.86. The summed E-state index contributed by atoms with van der Waals surface area (Å²) in [5.74, 6) is 0. The highest BCUT2D eigenvalue weighted by molar-refractivity contribution is 7.10. The first-order valence-corrected chi connectivity index (χ1v) is 6.30. The molecule has 1 aromatic carbocycles. The van der Waals surface area contributed by atoms with E-state index in [-0.39, 0.29) is 12.0 Å². The summed E-state index contributed by atoms with van der Waals surface area (Å²) in [6.45, 7) is 0.362. The van der Waals surface area contributed by atoms with Crippen LogP contribution in [0.3, 0.4) is 0 Å². The highest BCUT2D eigenvalue weighted by atomic mass is 32.1. The van der Waals surface area contributed by atoms with Gasteiger partial charge in [0.15, 0.2) is 0 Å². The van der Waals surface area contributed by atoms with E-state index in [2.05, 4.69) is 0 Å². The lowest BCUT2D eigenvalue weighted by molar-refractivity contribution is -0.138. The van der Waals surface area contributed by atoms with Crippen molar-refractivity contribution >= 4 is 11.3 Å². The first kappa shape index (κ1) is 13.1. The molecule has 1 nitrogen and oxygen atoms in total. The summed E-state index contributed by atoms with van der Waals surface area (Å²) in [5.41, 5.74) is 6.15. The first-order chi connectivity index (χ1) is 8.52. The Bertz CT molecular complexity index is 531. The molecular formula is C13H12F3NS. The second-order valence-corrected chi connectivity index (χ2v) is 4.91. The summed E-state index contributed by atoms with van der Waals surface area (Å²) in [6.07, 6.45) is -4.04. The first-order valence-electron chi connectivity index (χ1n) is 5.43. The van der Waals surface area contributed by atoms with Gasteiger partial charge in [-0.15, -0.1) is 11.3 Å². The zero-order valence-corrected chi connectivity index (χ0v) is 10.3. The standard InChI is InChI=1S/C13H12F3NS/c14-13(15,16)11-4-2-1-3-9(11)7-10-5-6-18-12(10)8-17/h1-6H,7-8,17H2. The lowest BCUT2D eigenvalue weighted by Gasteiger charge is -2.12. The zero-order chi connectivity index (χ0) is 13.2. The van der Waals surface area contributed by atoms with Crippen LogP contribution in [0.5, 0.6) is 0 Å². The van der Waals surface area contributed by atoms with Gasteiger partial charge < -0.3 is 5.73 Å². The molecule has 0 amide bonds. The highest BCUT2D eigenvalue weighted by Crippen LogP contribution is 2.33. The number of halogens is 3. The molecule has 2 aromatic rings. The maximum absolute atomic E-state index is 12.8. The van der Waals surface area contributed by atoms with Gasteiger partial charge in [-0.05, 0) is 35.1 Å². The topological polar surface area (TPSA) is 26.0 Å². The summed E-state index contributed by atoms with van der Waals surface area (Å²) in [6, 6.07) is 7.49. The van der Waals surface area contributed by atoms with Gasteiger partial charge in [-0.3, -0.25) is 0 Å². The molecule has 1 aromatic heterocycles. The molecular weight excluding hydrogens is 259 g/mol. The Balaban J connectivity index is 2.35. The van der Waals surface area contributed by atoms with Gasteiger partial charge in [-0.2, -0.15) is 13.2 Å². The number of nitrogens with two attached hydrogens (primary N) is 1. The van der Waals surface area contributed by atoms with Crippen LogP contribution < -0.4 is 5.73 Å². The van der Waals surface area contributed by atoms with E-state index in [0.29, 0.717) is 6.54 Å².